The van der Waals surface area contributed by atoms with E-state index in [9.17, 15) is 4.79 Å². The molecule has 0 N–H and O–H groups in total. The molecule has 0 aliphatic carbocycles. The minimum atomic E-state index is -0.0373. The van der Waals surface area contributed by atoms with E-state index in [-0.39, 0.29) is 12.5 Å². The van der Waals surface area contributed by atoms with Gasteiger partial charge in [0, 0.05) is 24.0 Å². The molecule has 3 aromatic rings. The standard InChI is InChI=1S/C18H19N5O3S/c1-25-15-7-12-3-5-22(9-14(12)8-16(15)26-2)17(24)10-23-20-18(19-21-23)13-4-6-27-11-13/h4,6-8,11H,3,5,9-10H2,1-2H3. The molecule has 0 saturated carbocycles. The average Bonchev–Trinajstić information content (AvgIpc) is 3.38. The number of aromatic nitrogens is 4. The molecule has 0 radical (unpaired) electrons. The Morgan fingerprint density at radius 2 is 2.00 bits per heavy atom. The quantitative estimate of drug-likeness (QED) is 0.668. The summed E-state index contributed by atoms with van der Waals surface area (Å²) >= 11 is 1.57. The lowest BCUT2D eigenvalue weighted by Gasteiger charge is -2.29. The molecule has 0 bridgehead atoms. The van der Waals surface area contributed by atoms with Gasteiger partial charge in [0.05, 0.1) is 14.2 Å². The minimum absolute atomic E-state index is 0.0373. The van der Waals surface area contributed by atoms with Crippen LogP contribution in [-0.4, -0.2) is 51.8 Å². The van der Waals surface area contributed by atoms with Gasteiger partial charge < -0.3 is 14.4 Å². The van der Waals surface area contributed by atoms with Crippen molar-refractivity contribution in [1.29, 1.82) is 0 Å². The highest BCUT2D eigenvalue weighted by atomic mass is 32.1. The third-order valence-electron chi connectivity index (χ3n) is 4.58. The SMILES string of the molecule is COc1cc2c(cc1OC)CN(C(=O)Cn1nnc(-c3ccsc3)n1)CC2. The number of carbonyl (C=O) groups is 1. The Bertz CT molecular complexity index is 954. The van der Waals surface area contributed by atoms with Crippen LogP contribution in [0.2, 0.25) is 0 Å². The Labute approximate surface area is 160 Å². The number of ether oxygens (including phenoxy) is 2. The van der Waals surface area contributed by atoms with E-state index in [1.165, 1.54) is 10.4 Å². The molecule has 3 heterocycles. The van der Waals surface area contributed by atoms with E-state index >= 15 is 0 Å². The maximum absolute atomic E-state index is 12.7. The van der Waals surface area contributed by atoms with Gasteiger partial charge in [-0.15, -0.1) is 10.2 Å². The molecule has 0 spiro atoms. The van der Waals surface area contributed by atoms with E-state index in [4.69, 9.17) is 9.47 Å². The van der Waals surface area contributed by atoms with E-state index in [0.29, 0.717) is 30.4 Å². The molecular formula is C18H19N5O3S. The number of nitrogens with zero attached hydrogens (tertiary/aromatic N) is 5. The van der Waals surface area contributed by atoms with Gasteiger partial charge in [-0.05, 0) is 46.3 Å². The molecular weight excluding hydrogens is 366 g/mol. The Hall–Kier alpha value is -2.94. The molecule has 27 heavy (non-hydrogen) atoms. The van der Waals surface area contributed by atoms with Crippen molar-refractivity contribution in [2.45, 2.75) is 19.5 Å². The van der Waals surface area contributed by atoms with Crippen LogP contribution in [0.5, 0.6) is 11.5 Å². The molecule has 1 aliphatic heterocycles. The second-order valence-electron chi connectivity index (χ2n) is 6.20. The number of fused-ring (bicyclic) bond motifs is 1. The molecule has 8 nitrogen and oxygen atoms in total. The monoisotopic (exact) mass is 385 g/mol. The molecule has 0 unspecified atom stereocenters. The van der Waals surface area contributed by atoms with Crippen molar-refractivity contribution in [2.75, 3.05) is 20.8 Å². The number of hydrogen-bond acceptors (Lipinski definition) is 7. The van der Waals surface area contributed by atoms with Gasteiger partial charge in [0.1, 0.15) is 6.54 Å². The van der Waals surface area contributed by atoms with Crippen LogP contribution in [-0.2, 0) is 24.3 Å². The zero-order valence-corrected chi connectivity index (χ0v) is 15.9. The largest absolute Gasteiger partial charge is 0.493 e. The predicted octanol–water partition coefficient (Wildman–Crippen LogP) is 2.00. The molecule has 140 valence electrons. The lowest BCUT2D eigenvalue weighted by atomic mass is 9.98. The summed E-state index contributed by atoms with van der Waals surface area (Å²) in [6.07, 6.45) is 0.770. The lowest BCUT2D eigenvalue weighted by molar-refractivity contribution is -0.133. The third kappa shape index (κ3) is 3.50. The zero-order valence-electron chi connectivity index (χ0n) is 15.1. The Balaban J connectivity index is 1.46. The number of rotatable bonds is 5. The number of methoxy groups -OCH3 is 2. The molecule has 2 aromatic heterocycles. The molecule has 0 atom stereocenters. The average molecular weight is 385 g/mol. The number of hydrogen-bond donors (Lipinski definition) is 0. The van der Waals surface area contributed by atoms with Gasteiger partial charge in [0.2, 0.25) is 11.7 Å². The second kappa shape index (κ2) is 7.36. The van der Waals surface area contributed by atoms with Gasteiger partial charge in [-0.25, -0.2) is 0 Å². The lowest BCUT2D eigenvalue weighted by Crippen LogP contribution is -2.38. The van der Waals surface area contributed by atoms with Crippen LogP contribution in [0.25, 0.3) is 11.4 Å². The van der Waals surface area contributed by atoms with E-state index in [1.54, 1.807) is 25.6 Å². The highest BCUT2D eigenvalue weighted by Gasteiger charge is 2.23. The maximum atomic E-state index is 12.7. The molecule has 4 rings (SSSR count). The van der Waals surface area contributed by atoms with Crippen LogP contribution < -0.4 is 9.47 Å². The smallest absolute Gasteiger partial charge is 0.246 e. The van der Waals surface area contributed by atoms with Crippen molar-refractivity contribution in [2.24, 2.45) is 0 Å². The van der Waals surface area contributed by atoms with Gasteiger partial charge >= 0.3 is 0 Å². The van der Waals surface area contributed by atoms with Crippen molar-refractivity contribution in [3.8, 4) is 22.9 Å². The number of thiophene rings is 1. The van der Waals surface area contributed by atoms with Crippen LogP contribution in [0.15, 0.2) is 29.0 Å². The van der Waals surface area contributed by atoms with E-state index in [0.717, 1.165) is 17.5 Å². The maximum Gasteiger partial charge on any atom is 0.246 e. The molecule has 0 fully saturated rings. The number of amides is 1. The topological polar surface area (TPSA) is 82.4 Å². The van der Waals surface area contributed by atoms with E-state index in [2.05, 4.69) is 15.4 Å². The summed E-state index contributed by atoms with van der Waals surface area (Å²) < 4.78 is 10.7. The van der Waals surface area contributed by atoms with Crippen LogP contribution in [0.3, 0.4) is 0 Å². The van der Waals surface area contributed by atoms with Crippen molar-refractivity contribution in [1.82, 2.24) is 25.1 Å². The highest BCUT2D eigenvalue weighted by Crippen LogP contribution is 2.33. The molecule has 1 aliphatic rings. The van der Waals surface area contributed by atoms with Crippen LogP contribution in [0.4, 0.5) is 0 Å². The highest BCUT2D eigenvalue weighted by molar-refractivity contribution is 7.08. The summed E-state index contributed by atoms with van der Waals surface area (Å²) in [6.45, 7) is 1.24. The zero-order chi connectivity index (χ0) is 18.8. The number of tetrazole rings is 1. The Morgan fingerprint density at radius 3 is 2.70 bits per heavy atom. The third-order valence-corrected chi connectivity index (χ3v) is 5.26. The van der Waals surface area contributed by atoms with Gasteiger partial charge in [-0.3, -0.25) is 4.79 Å². The molecule has 1 amide bonds. The molecule has 0 saturated heterocycles. The normalized spacial score (nSPS) is 13.3. The fourth-order valence-electron chi connectivity index (χ4n) is 3.13. The van der Waals surface area contributed by atoms with Crippen LogP contribution in [0, 0.1) is 0 Å². The van der Waals surface area contributed by atoms with E-state index in [1.807, 2.05) is 33.9 Å². The Kier molecular flexibility index (Phi) is 4.76. The first-order valence-electron chi connectivity index (χ1n) is 8.50. The summed E-state index contributed by atoms with van der Waals surface area (Å²) in [5.41, 5.74) is 3.15. The fraction of sp³-hybridized carbons (Fsp3) is 0.333. The van der Waals surface area contributed by atoms with Crippen LogP contribution in [0.1, 0.15) is 11.1 Å². The number of benzene rings is 1. The van der Waals surface area contributed by atoms with E-state index < -0.39 is 0 Å². The summed E-state index contributed by atoms with van der Waals surface area (Å²) in [6, 6.07) is 5.86. The van der Waals surface area contributed by atoms with Crippen molar-refractivity contribution in [3.05, 3.63) is 40.1 Å². The first-order valence-corrected chi connectivity index (χ1v) is 9.44. The second-order valence-corrected chi connectivity index (χ2v) is 6.98. The van der Waals surface area contributed by atoms with Gasteiger partial charge in [0.25, 0.3) is 0 Å². The van der Waals surface area contributed by atoms with Gasteiger partial charge in [-0.2, -0.15) is 16.1 Å². The number of carbonyl (C=O) groups excluding carboxylic acids is 1. The summed E-state index contributed by atoms with van der Waals surface area (Å²) in [7, 11) is 3.23. The first-order chi connectivity index (χ1) is 13.2. The summed E-state index contributed by atoms with van der Waals surface area (Å²) in [4.78, 5) is 15.8. The minimum Gasteiger partial charge on any atom is -0.493 e. The van der Waals surface area contributed by atoms with Gasteiger partial charge in [0.15, 0.2) is 11.5 Å². The molecule has 1 aromatic carbocycles. The van der Waals surface area contributed by atoms with Crippen LogP contribution >= 0.6 is 11.3 Å². The van der Waals surface area contributed by atoms with Crippen molar-refractivity contribution < 1.29 is 14.3 Å². The Morgan fingerprint density at radius 1 is 1.22 bits per heavy atom. The summed E-state index contributed by atoms with van der Waals surface area (Å²) in [5.74, 6) is 1.88. The first kappa shape index (κ1) is 17.5. The van der Waals surface area contributed by atoms with Crippen molar-refractivity contribution in [3.63, 3.8) is 0 Å². The predicted molar refractivity (Wildman–Crippen MR) is 99.8 cm³/mol. The molecule has 9 heteroatoms. The van der Waals surface area contributed by atoms with Crippen molar-refractivity contribution >= 4 is 17.2 Å². The van der Waals surface area contributed by atoms with Gasteiger partial charge in [-0.1, -0.05) is 0 Å². The summed E-state index contributed by atoms with van der Waals surface area (Å²) in [5, 5.41) is 16.2. The fourth-order valence-corrected chi connectivity index (χ4v) is 3.77.